The maximum atomic E-state index is 11.0. The van der Waals surface area contributed by atoms with Crippen molar-refractivity contribution >= 4 is 17.7 Å². The average Bonchev–Trinajstić information content (AvgIpc) is 2.70. The van der Waals surface area contributed by atoms with Crippen molar-refractivity contribution in [3.63, 3.8) is 0 Å². The summed E-state index contributed by atoms with van der Waals surface area (Å²) in [4.78, 5) is 13.5. The zero-order valence-corrected chi connectivity index (χ0v) is 10.2. The molecule has 0 radical (unpaired) electrons. The SMILES string of the molecule is C=CC(=O)NCC1SCCN1CCCC. The van der Waals surface area contributed by atoms with Gasteiger partial charge in [0, 0.05) is 18.8 Å². The number of amides is 1. The van der Waals surface area contributed by atoms with E-state index in [1.807, 2.05) is 11.8 Å². The van der Waals surface area contributed by atoms with Crippen molar-refractivity contribution in [1.29, 1.82) is 0 Å². The van der Waals surface area contributed by atoms with Crippen LogP contribution in [0.2, 0.25) is 0 Å². The van der Waals surface area contributed by atoms with Crippen LogP contribution in [0.15, 0.2) is 12.7 Å². The average molecular weight is 228 g/mol. The molecule has 15 heavy (non-hydrogen) atoms. The summed E-state index contributed by atoms with van der Waals surface area (Å²) < 4.78 is 0. The van der Waals surface area contributed by atoms with Crippen LogP contribution in [-0.4, -0.2) is 41.6 Å². The second kappa shape index (κ2) is 6.90. The van der Waals surface area contributed by atoms with Gasteiger partial charge in [0.05, 0.1) is 5.37 Å². The first kappa shape index (κ1) is 12.6. The smallest absolute Gasteiger partial charge is 0.243 e. The maximum absolute atomic E-state index is 11.0. The summed E-state index contributed by atoms with van der Waals surface area (Å²) in [5.41, 5.74) is 0. The number of rotatable bonds is 6. The standard InChI is InChI=1S/C11H20N2OS/c1-3-5-6-13-7-8-15-11(13)9-12-10(14)4-2/h4,11H,2-3,5-9H2,1H3,(H,12,14). The molecule has 0 aromatic rings. The third-order valence-corrected chi connectivity index (χ3v) is 3.80. The molecule has 1 fully saturated rings. The summed E-state index contributed by atoms with van der Waals surface area (Å²) in [6, 6.07) is 0. The molecule has 1 amide bonds. The number of unbranched alkanes of at least 4 members (excludes halogenated alkanes) is 1. The minimum absolute atomic E-state index is 0.0714. The number of carbonyl (C=O) groups excluding carboxylic acids is 1. The van der Waals surface area contributed by atoms with Gasteiger partial charge in [0.25, 0.3) is 0 Å². The summed E-state index contributed by atoms with van der Waals surface area (Å²) in [7, 11) is 0. The van der Waals surface area contributed by atoms with Crippen molar-refractivity contribution in [2.45, 2.75) is 25.1 Å². The van der Waals surface area contributed by atoms with Crippen LogP contribution in [0.4, 0.5) is 0 Å². The number of hydrogen-bond donors (Lipinski definition) is 1. The van der Waals surface area contributed by atoms with E-state index < -0.39 is 0 Å². The van der Waals surface area contributed by atoms with Crippen LogP contribution in [0, 0.1) is 0 Å². The highest BCUT2D eigenvalue weighted by atomic mass is 32.2. The van der Waals surface area contributed by atoms with Crippen LogP contribution < -0.4 is 5.32 Å². The van der Waals surface area contributed by atoms with Gasteiger partial charge in [-0.2, -0.15) is 0 Å². The molecule has 1 rings (SSSR count). The number of nitrogens with zero attached hydrogens (tertiary/aromatic N) is 1. The highest BCUT2D eigenvalue weighted by Crippen LogP contribution is 2.23. The fraction of sp³-hybridized carbons (Fsp3) is 0.727. The first-order valence-corrected chi connectivity index (χ1v) is 6.58. The van der Waals surface area contributed by atoms with E-state index in [1.54, 1.807) is 0 Å². The van der Waals surface area contributed by atoms with Gasteiger partial charge in [-0.25, -0.2) is 0 Å². The molecule has 1 atom stereocenters. The van der Waals surface area contributed by atoms with Crippen molar-refractivity contribution in [2.75, 3.05) is 25.4 Å². The molecule has 1 N–H and O–H groups in total. The summed E-state index contributed by atoms with van der Waals surface area (Å²) >= 11 is 1.93. The predicted octanol–water partition coefficient (Wildman–Crippen LogP) is 1.46. The molecular formula is C11H20N2OS. The Kier molecular flexibility index (Phi) is 5.79. The van der Waals surface area contributed by atoms with Gasteiger partial charge >= 0.3 is 0 Å². The largest absolute Gasteiger partial charge is 0.350 e. The van der Waals surface area contributed by atoms with E-state index in [2.05, 4.69) is 23.7 Å². The summed E-state index contributed by atoms with van der Waals surface area (Å²) in [6.07, 6.45) is 3.80. The molecule has 86 valence electrons. The second-order valence-corrected chi connectivity index (χ2v) is 4.95. The fourth-order valence-corrected chi connectivity index (χ4v) is 2.86. The lowest BCUT2D eigenvalue weighted by Crippen LogP contribution is -2.38. The first-order valence-electron chi connectivity index (χ1n) is 5.53. The van der Waals surface area contributed by atoms with Crippen LogP contribution in [0.3, 0.4) is 0 Å². The van der Waals surface area contributed by atoms with E-state index in [0.29, 0.717) is 5.37 Å². The Morgan fingerprint density at radius 3 is 3.20 bits per heavy atom. The normalized spacial score (nSPS) is 21.5. The van der Waals surface area contributed by atoms with Crippen molar-refractivity contribution in [2.24, 2.45) is 0 Å². The van der Waals surface area contributed by atoms with E-state index in [1.165, 1.54) is 24.7 Å². The van der Waals surface area contributed by atoms with Gasteiger partial charge in [0.2, 0.25) is 5.91 Å². The van der Waals surface area contributed by atoms with E-state index in [4.69, 9.17) is 0 Å². The summed E-state index contributed by atoms with van der Waals surface area (Å²) in [5, 5.41) is 3.32. The topological polar surface area (TPSA) is 32.3 Å². The fourth-order valence-electron chi connectivity index (χ4n) is 1.62. The van der Waals surface area contributed by atoms with Gasteiger partial charge in [-0.15, -0.1) is 11.8 Å². The molecule has 0 saturated carbocycles. The predicted molar refractivity (Wildman–Crippen MR) is 65.9 cm³/mol. The minimum Gasteiger partial charge on any atom is -0.350 e. The molecular weight excluding hydrogens is 208 g/mol. The van der Waals surface area contributed by atoms with Crippen LogP contribution in [0.1, 0.15) is 19.8 Å². The van der Waals surface area contributed by atoms with Crippen molar-refractivity contribution in [3.05, 3.63) is 12.7 Å². The Morgan fingerprint density at radius 2 is 2.53 bits per heavy atom. The minimum atomic E-state index is -0.0714. The van der Waals surface area contributed by atoms with Crippen molar-refractivity contribution < 1.29 is 4.79 Å². The summed E-state index contributed by atoms with van der Waals surface area (Å²) in [5.74, 6) is 1.11. The first-order chi connectivity index (χ1) is 7.27. The van der Waals surface area contributed by atoms with Gasteiger partial charge < -0.3 is 5.32 Å². The molecule has 1 saturated heterocycles. The molecule has 1 unspecified atom stereocenters. The lowest BCUT2D eigenvalue weighted by atomic mass is 10.3. The Morgan fingerprint density at radius 1 is 1.73 bits per heavy atom. The van der Waals surface area contributed by atoms with Crippen molar-refractivity contribution in [3.8, 4) is 0 Å². The van der Waals surface area contributed by atoms with Gasteiger partial charge in [-0.3, -0.25) is 9.69 Å². The third kappa shape index (κ3) is 4.26. The molecule has 1 aliphatic heterocycles. The number of carbonyl (C=O) groups is 1. The van der Waals surface area contributed by atoms with Gasteiger partial charge in [0.15, 0.2) is 0 Å². The maximum Gasteiger partial charge on any atom is 0.243 e. The van der Waals surface area contributed by atoms with Gasteiger partial charge in [0.1, 0.15) is 0 Å². The molecule has 0 aromatic carbocycles. The molecule has 1 heterocycles. The highest BCUT2D eigenvalue weighted by molar-refractivity contribution is 8.00. The van der Waals surface area contributed by atoms with Crippen LogP contribution in [-0.2, 0) is 4.79 Å². The van der Waals surface area contributed by atoms with Gasteiger partial charge in [-0.1, -0.05) is 19.9 Å². The summed E-state index contributed by atoms with van der Waals surface area (Å²) in [6.45, 7) is 8.69. The van der Waals surface area contributed by atoms with E-state index >= 15 is 0 Å². The van der Waals surface area contributed by atoms with E-state index in [-0.39, 0.29) is 5.91 Å². The number of thioether (sulfide) groups is 1. The third-order valence-electron chi connectivity index (χ3n) is 2.53. The van der Waals surface area contributed by atoms with E-state index in [0.717, 1.165) is 19.6 Å². The molecule has 1 aliphatic rings. The number of hydrogen-bond acceptors (Lipinski definition) is 3. The molecule has 0 aromatic heterocycles. The molecule has 0 bridgehead atoms. The van der Waals surface area contributed by atoms with Crippen LogP contribution in [0.5, 0.6) is 0 Å². The molecule has 4 heteroatoms. The molecule has 0 aliphatic carbocycles. The molecule has 0 spiro atoms. The molecule has 3 nitrogen and oxygen atoms in total. The Labute approximate surface area is 96.3 Å². The monoisotopic (exact) mass is 228 g/mol. The second-order valence-electron chi connectivity index (χ2n) is 3.66. The van der Waals surface area contributed by atoms with Gasteiger partial charge in [-0.05, 0) is 19.0 Å². The number of nitrogens with one attached hydrogen (secondary N) is 1. The Hall–Kier alpha value is -0.480. The van der Waals surface area contributed by atoms with Crippen LogP contribution >= 0.6 is 11.8 Å². The van der Waals surface area contributed by atoms with E-state index in [9.17, 15) is 4.79 Å². The Balaban J connectivity index is 2.26. The quantitative estimate of drug-likeness (QED) is 0.699. The lowest BCUT2D eigenvalue weighted by molar-refractivity contribution is -0.116. The Bertz CT molecular complexity index is 221. The highest BCUT2D eigenvalue weighted by Gasteiger charge is 2.24. The van der Waals surface area contributed by atoms with Crippen molar-refractivity contribution in [1.82, 2.24) is 10.2 Å². The zero-order chi connectivity index (χ0) is 11.1. The zero-order valence-electron chi connectivity index (χ0n) is 9.37. The van der Waals surface area contributed by atoms with Crippen LogP contribution in [0.25, 0.3) is 0 Å². The lowest BCUT2D eigenvalue weighted by Gasteiger charge is -2.23.